The smallest absolute Gasteiger partial charge is 0.244 e. The van der Waals surface area contributed by atoms with Crippen molar-refractivity contribution in [1.29, 1.82) is 5.26 Å². The topological polar surface area (TPSA) is 132 Å². The van der Waals surface area contributed by atoms with Crippen LogP contribution in [0, 0.1) is 11.3 Å². The maximum atomic E-state index is 12.2. The van der Waals surface area contributed by atoms with Crippen molar-refractivity contribution in [3.8, 4) is 6.07 Å². The number of hydrogen-bond donors (Lipinski definition) is 3. The molecule has 1 unspecified atom stereocenters. The zero-order valence-electron chi connectivity index (χ0n) is 14.3. The molecule has 0 aliphatic rings. The average molecular weight is 376 g/mol. The summed E-state index contributed by atoms with van der Waals surface area (Å²) in [5.41, 5.74) is 1.93. The normalized spacial score (nSPS) is 12.3. The SMILES string of the molecule is CS(=O)(=O)CC(NC(=O)CCc1c[nH]c2ccccc12)C(=O)NCC#N. The fourth-order valence-corrected chi connectivity index (χ4v) is 3.43. The van der Waals surface area contributed by atoms with Crippen molar-refractivity contribution in [3.05, 3.63) is 36.0 Å². The van der Waals surface area contributed by atoms with Crippen LogP contribution in [-0.2, 0) is 25.8 Å². The number of amides is 2. The van der Waals surface area contributed by atoms with Gasteiger partial charge in [0.25, 0.3) is 0 Å². The lowest BCUT2D eigenvalue weighted by molar-refractivity contribution is -0.128. The van der Waals surface area contributed by atoms with Crippen LogP contribution in [0.1, 0.15) is 12.0 Å². The van der Waals surface area contributed by atoms with E-state index in [0.29, 0.717) is 6.42 Å². The first-order valence-corrected chi connectivity index (χ1v) is 10.0. The molecule has 0 radical (unpaired) electrons. The number of aryl methyl sites for hydroxylation is 1. The zero-order valence-corrected chi connectivity index (χ0v) is 15.1. The molecule has 1 atom stereocenters. The molecule has 2 aromatic rings. The van der Waals surface area contributed by atoms with Crippen LogP contribution >= 0.6 is 0 Å². The number of carbonyl (C=O) groups excluding carboxylic acids is 2. The summed E-state index contributed by atoms with van der Waals surface area (Å²) in [7, 11) is -3.49. The summed E-state index contributed by atoms with van der Waals surface area (Å²) < 4.78 is 23.0. The molecule has 2 amide bonds. The summed E-state index contributed by atoms with van der Waals surface area (Å²) in [5.74, 6) is -1.66. The molecular formula is C17H20N4O4S. The molecule has 0 aliphatic heterocycles. The van der Waals surface area contributed by atoms with E-state index in [1.165, 1.54) is 0 Å². The molecule has 0 aliphatic carbocycles. The minimum atomic E-state index is -3.49. The predicted molar refractivity (Wildman–Crippen MR) is 96.9 cm³/mol. The molecule has 1 heterocycles. The van der Waals surface area contributed by atoms with Crippen LogP contribution < -0.4 is 10.6 Å². The van der Waals surface area contributed by atoms with E-state index in [-0.39, 0.29) is 13.0 Å². The third-order valence-electron chi connectivity index (χ3n) is 3.76. The van der Waals surface area contributed by atoms with Gasteiger partial charge in [0.05, 0.1) is 11.8 Å². The first-order valence-electron chi connectivity index (χ1n) is 7.97. The van der Waals surface area contributed by atoms with E-state index in [1.807, 2.05) is 30.5 Å². The molecule has 26 heavy (non-hydrogen) atoms. The van der Waals surface area contributed by atoms with Crippen molar-refractivity contribution in [2.45, 2.75) is 18.9 Å². The van der Waals surface area contributed by atoms with Gasteiger partial charge in [-0.2, -0.15) is 5.26 Å². The number of aromatic amines is 1. The second kappa shape index (κ2) is 8.49. The number of sulfone groups is 1. The number of benzene rings is 1. The van der Waals surface area contributed by atoms with Crippen LogP contribution in [0.2, 0.25) is 0 Å². The Hall–Kier alpha value is -2.86. The summed E-state index contributed by atoms with van der Waals surface area (Å²) in [5, 5.41) is 14.2. The number of aromatic nitrogens is 1. The number of nitrogens with one attached hydrogen (secondary N) is 3. The van der Waals surface area contributed by atoms with E-state index in [0.717, 1.165) is 22.7 Å². The second-order valence-corrected chi connectivity index (χ2v) is 8.13. The van der Waals surface area contributed by atoms with Crippen LogP contribution in [0.5, 0.6) is 0 Å². The van der Waals surface area contributed by atoms with Crippen molar-refractivity contribution in [2.24, 2.45) is 0 Å². The van der Waals surface area contributed by atoms with Gasteiger partial charge in [0.15, 0.2) is 0 Å². The van der Waals surface area contributed by atoms with Crippen molar-refractivity contribution < 1.29 is 18.0 Å². The van der Waals surface area contributed by atoms with Gasteiger partial charge < -0.3 is 15.6 Å². The Morgan fingerprint density at radius 3 is 2.73 bits per heavy atom. The van der Waals surface area contributed by atoms with Gasteiger partial charge in [-0.1, -0.05) is 18.2 Å². The van der Waals surface area contributed by atoms with E-state index in [9.17, 15) is 18.0 Å². The maximum Gasteiger partial charge on any atom is 0.244 e. The van der Waals surface area contributed by atoms with Crippen LogP contribution in [0.3, 0.4) is 0 Å². The molecule has 138 valence electrons. The number of fused-ring (bicyclic) bond motifs is 1. The number of para-hydroxylation sites is 1. The minimum absolute atomic E-state index is 0.105. The highest BCUT2D eigenvalue weighted by atomic mass is 32.2. The van der Waals surface area contributed by atoms with Gasteiger partial charge in [0, 0.05) is 29.8 Å². The van der Waals surface area contributed by atoms with Crippen molar-refractivity contribution >= 4 is 32.6 Å². The summed E-state index contributed by atoms with van der Waals surface area (Å²) in [6.45, 7) is -0.260. The van der Waals surface area contributed by atoms with Gasteiger partial charge in [0.1, 0.15) is 22.4 Å². The highest BCUT2D eigenvalue weighted by Gasteiger charge is 2.24. The number of hydrogen-bond acceptors (Lipinski definition) is 5. The molecule has 3 N–H and O–H groups in total. The van der Waals surface area contributed by atoms with E-state index in [1.54, 1.807) is 6.07 Å². The van der Waals surface area contributed by atoms with Gasteiger partial charge in [-0.25, -0.2) is 8.42 Å². The summed E-state index contributed by atoms with van der Waals surface area (Å²) in [4.78, 5) is 27.3. The van der Waals surface area contributed by atoms with Crippen molar-refractivity contribution in [2.75, 3.05) is 18.6 Å². The molecular weight excluding hydrogens is 356 g/mol. The van der Waals surface area contributed by atoms with Gasteiger partial charge in [-0.15, -0.1) is 0 Å². The van der Waals surface area contributed by atoms with E-state index in [4.69, 9.17) is 5.26 Å². The quantitative estimate of drug-likeness (QED) is 0.569. The lowest BCUT2D eigenvalue weighted by Crippen LogP contribution is -2.50. The van der Waals surface area contributed by atoms with E-state index >= 15 is 0 Å². The zero-order chi connectivity index (χ0) is 19.2. The van der Waals surface area contributed by atoms with Crippen molar-refractivity contribution in [3.63, 3.8) is 0 Å². The molecule has 0 fully saturated rings. The Kier molecular flexibility index (Phi) is 6.36. The monoisotopic (exact) mass is 376 g/mol. The Labute approximate surface area is 151 Å². The Morgan fingerprint density at radius 1 is 1.31 bits per heavy atom. The second-order valence-electron chi connectivity index (χ2n) is 5.95. The summed E-state index contributed by atoms with van der Waals surface area (Å²) >= 11 is 0. The highest BCUT2D eigenvalue weighted by molar-refractivity contribution is 7.90. The molecule has 2 rings (SSSR count). The molecule has 1 aromatic carbocycles. The first kappa shape index (κ1) is 19.5. The van der Waals surface area contributed by atoms with Gasteiger partial charge in [0.2, 0.25) is 11.8 Å². The third-order valence-corrected chi connectivity index (χ3v) is 4.70. The van der Waals surface area contributed by atoms with Crippen LogP contribution in [0.25, 0.3) is 10.9 Å². The number of carbonyl (C=O) groups is 2. The van der Waals surface area contributed by atoms with Gasteiger partial charge in [-0.05, 0) is 18.1 Å². The lowest BCUT2D eigenvalue weighted by Gasteiger charge is -2.16. The molecule has 1 aromatic heterocycles. The lowest BCUT2D eigenvalue weighted by atomic mass is 10.1. The Balaban J connectivity index is 1.99. The van der Waals surface area contributed by atoms with Crippen LogP contribution in [0.15, 0.2) is 30.5 Å². The van der Waals surface area contributed by atoms with Crippen LogP contribution in [-0.4, -0.2) is 49.8 Å². The fourth-order valence-electron chi connectivity index (χ4n) is 2.59. The molecule has 0 bridgehead atoms. The average Bonchev–Trinajstić information content (AvgIpc) is 2.99. The first-order chi connectivity index (χ1) is 12.3. The molecule has 0 saturated heterocycles. The van der Waals surface area contributed by atoms with Crippen molar-refractivity contribution in [1.82, 2.24) is 15.6 Å². The Morgan fingerprint density at radius 2 is 2.04 bits per heavy atom. The summed E-state index contributed by atoms with van der Waals surface area (Å²) in [6.07, 6.45) is 3.36. The Bertz CT molecular complexity index is 943. The van der Waals surface area contributed by atoms with E-state index in [2.05, 4.69) is 15.6 Å². The van der Waals surface area contributed by atoms with Gasteiger partial charge >= 0.3 is 0 Å². The molecule has 8 nitrogen and oxygen atoms in total. The largest absolute Gasteiger partial charge is 0.361 e. The maximum absolute atomic E-state index is 12.2. The molecule has 9 heteroatoms. The number of nitriles is 1. The number of nitrogens with zero attached hydrogens (tertiary/aromatic N) is 1. The van der Waals surface area contributed by atoms with E-state index < -0.39 is 33.4 Å². The van der Waals surface area contributed by atoms with Gasteiger partial charge in [-0.3, -0.25) is 9.59 Å². The molecule has 0 saturated carbocycles. The van der Waals surface area contributed by atoms with Crippen LogP contribution in [0.4, 0.5) is 0 Å². The third kappa shape index (κ3) is 5.60. The molecule has 0 spiro atoms. The standard InChI is InChI=1S/C17H20N4O4S/c1-26(24,25)11-15(17(23)19-9-8-18)21-16(22)7-6-12-10-20-14-5-3-2-4-13(12)14/h2-5,10,15,20H,6-7,9,11H2,1H3,(H,19,23)(H,21,22). The minimum Gasteiger partial charge on any atom is -0.361 e. The predicted octanol–water partition coefficient (Wildman–Crippen LogP) is 0.270. The number of rotatable bonds is 8. The highest BCUT2D eigenvalue weighted by Crippen LogP contribution is 2.18. The fraction of sp³-hybridized carbons (Fsp3) is 0.353. The summed E-state index contributed by atoms with van der Waals surface area (Å²) in [6, 6.07) is 8.19. The number of H-pyrrole nitrogens is 1.